The Morgan fingerprint density at radius 1 is 1.52 bits per heavy atom. The molecule has 1 atom stereocenters. The molecule has 0 aliphatic heterocycles. The molecule has 1 unspecified atom stereocenters. The molecule has 112 valence electrons. The average molecular weight is 313 g/mol. The second-order valence-electron chi connectivity index (χ2n) is 4.59. The first-order valence-corrected chi connectivity index (χ1v) is 6.86. The Morgan fingerprint density at radius 3 is 2.95 bits per heavy atom. The molecular weight excluding hydrogens is 299 g/mol. The Morgan fingerprint density at radius 2 is 2.29 bits per heavy atom. The van der Waals surface area contributed by atoms with Gasteiger partial charge in [0.15, 0.2) is 5.82 Å². The Hall–Kier alpha value is -2.02. The molecule has 0 amide bonds. The molecule has 21 heavy (non-hydrogen) atoms. The van der Waals surface area contributed by atoms with Crippen LogP contribution in [0.1, 0.15) is 32.2 Å². The van der Waals surface area contributed by atoms with Crippen LogP contribution in [0.2, 0.25) is 5.02 Å². The van der Waals surface area contributed by atoms with Gasteiger partial charge in [0, 0.05) is 5.56 Å². The molecule has 0 saturated heterocycles. The third kappa shape index (κ3) is 3.36. The van der Waals surface area contributed by atoms with Gasteiger partial charge >= 0.3 is 5.97 Å². The number of aliphatic carboxylic acids is 1. The van der Waals surface area contributed by atoms with Crippen LogP contribution in [0, 0.1) is 5.82 Å². The molecule has 1 aromatic carbocycles. The van der Waals surface area contributed by atoms with Crippen molar-refractivity contribution in [2.45, 2.75) is 32.2 Å². The summed E-state index contributed by atoms with van der Waals surface area (Å²) < 4.78 is 15.0. The Bertz CT molecular complexity index is 647. The highest BCUT2D eigenvalue weighted by molar-refractivity contribution is 6.33. The minimum absolute atomic E-state index is 0.0841. The fourth-order valence-electron chi connectivity index (χ4n) is 2.14. The topological polar surface area (TPSA) is 80.9 Å². The molecule has 0 fully saturated rings. The van der Waals surface area contributed by atoms with Gasteiger partial charge in [-0.05, 0) is 29.0 Å². The predicted octanol–water partition coefficient (Wildman–Crippen LogP) is 2.95. The van der Waals surface area contributed by atoms with Crippen molar-refractivity contribution in [2.24, 2.45) is 0 Å². The van der Waals surface area contributed by atoms with E-state index in [9.17, 15) is 9.18 Å². The lowest BCUT2D eigenvalue weighted by molar-refractivity contribution is -0.138. The van der Waals surface area contributed by atoms with Crippen LogP contribution in [-0.4, -0.2) is 31.3 Å². The molecule has 2 aromatic rings. The largest absolute Gasteiger partial charge is 0.481 e. The van der Waals surface area contributed by atoms with Crippen LogP contribution in [0.15, 0.2) is 18.2 Å². The Labute approximate surface area is 125 Å². The number of aromatic nitrogens is 4. The van der Waals surface area contributed by atoms with Crippen molar-refractivity contribution in [3.8, 4) is 11.4 Å². The molecule has 1 N–H and O–H groups in total. The summed E-state index contributed by atoms with van der Waals surface area (Å²) in [5.41, 5.74) is 0.341. The SMILES string of the molecule is CCCC(CC(=O)O)n1nnnc1-c1cccc(F)c1Cl. The van der Waals surface area contributed by atoms with Gasteiger partial charge in [0.2, 0.25) is 0 Å². The van der Waals surface area contributed by atoms with E-state index < -0.39 is 17.8 Å². The van der Waals surface area contributed by atoms with E-state index in [4.69, 9.17) is 16.7 Å². The summed E-state index contributed by atoms with van der Waals surface area (Å²) in [6, 6.07) is 3.93. The highest BCUT2D eigenvalue weighted by atomic mass is 35.5. The lowest BCUT2D eigenvalue weighted by Gasteiger charge is -2.16. The van der Waals surface area contributed by atoms with Gasteiger partial charge in [-0.3, -0.25) is 4.79 Å². The van der Waals surface area contributed by atoms with E-state index in [-0.39, 0.29) is 17.3 Å². The van der Waals surface area contributed by atoms with E-state index in [0.29, 0.717) is 12.0 Å². The number of nitrogens with zero attached hydrogens (tertiary/aromatic N) is 4. The smallest absolute Gasteiger partial charge is 0.305 e. The maximum Gasteiger partial charge on any atom is 0.305 e. The van der Waals surface area contributed by atoms with Crippen LogP contribution >= 0.6 is 11.6 Å². The van der Waals surface area contributed by atoms with E-state index in [1.807, 2.05) is 6.92 Å². The van der Waals surface area contributed by atoms with Crippen molar-refractivity contribution in [1.82, 2.24) is 20.2 Å². The van der Waals surface area contributed by atoms with Gasteiger partial charge in [-0.2, -0.15) is 0 Å². The molecular formula is C13H14ClFN4O2. The molecule has 8 heteroatoms. The van der Waals surface area contributed by atoms with Gasteiger partial charge in [-0.15, -0.1) is 5.10 Å². The normalized spacial score (nSPS) is 12.3. The zero-order valence-electron chi connectivity index (χ0n) is 11.3. The summed E-state index contributed by atoms with van der Waals surface area (Å²) in [4.78, 5) is 11.0. The number of hydrogen-bond donors (Lipinski definition) is 1. The van der Waals surface area contributed by atoms with Crippen LogP contribution < -0.4 is 0 Å². The first-order chi connectivity index (χ1) is 10.0. The number of benzene rings is 1. The highest BCUT2D eigenvalue weighted by Crippen LogP contribution is 2.30. The van der Waals surface area contributed by atoms with E-state index in [0.717, 1.165) is 6.42 Å². The summed E-state index contributed by atoms with van der Waals surface area (Å²) in [6.07, 6.45) is 1.25. The molecule has 0 spiro atoms. The van der Waals surface area contributed by atoms with Gasteiger partial charge < -0.3 is 5.11 Å². The van der Waals surface area contributed by atoms with Crippen LogP contribution in [0.3, 0.4) is 0 Å². The fourth-order valence-corrected chi connectivity index (χ4v) is 2.35. The number of rotatable bonds is 6. The number of carboxylic acids is 1. The quantitative estimate of drug-likeness (QED) is 0.887. The third-order valence-electron chi connectivity index (χ3n) is 3.06. The Kier molecular flexibility index (Phi) is 4.85. The molecule has 0 radical (unpaired) electrons. The molecule has 6 nitrogen and oxygen atoms in total. The molecule has 0 bridgehead atoms. The van der Waals surface area contributed by atoms with E-state index in [1.54, 1.807) is 6.07 Å². The monoisotopic (exact) mass is 312 g/mol. The third-order valence-corrected chi connectivity index (χ3v) is 3.45. The summed E-state index contributed by atoms with van der Waals surface area (Å²) in [5.74, 6) is -1.26. The molecule has 1 aromatic heterocycles. The summed E-state index contributed by atoms with van der Waals surface area (Å²) in [6.45, 7) is 1.94. The van der Waals surface area contributed by atoms with Gasteiger partial charge in [-0.1, -0.05) is 31.0 Å². The molecule has 0 saturated carbocycles. The van der Waals surface area contributed by atoms with Crippen LogP contribution in [0.5, 0.6) is 0 Å². The lowest BCUT2D eigenvalue weighted by atomic mass is 10.1. The maximum atomic E-state index is 13.6. The molecule has 0 aliphatic rings. The standard InChI is InChI=1S/C13H14ClFN4O2/c1-2-4-8(7-11(20)21)19-13(16-17-18-19)9-5-3-6-10(15)12(9)14/h3,5-6,8H,2,4,7H2,1H3,(H,20,21). The molecule has 2 rings (SSSR count). The van der Waals surface area contributed by atoms with Crippen molar-refractivity contribution in [3.63, 3.8) is 0 Å². The van der Waals surface area contributed by atoms with Crippen molar-refractivity contribution < 1.29 is 14.3 Å². The van der Waals surface area contributed by atoms with Gasteiger partial charge in [0.25, 0.3) is 0 Å². The number of hydrogen-bond acceptors (Lipinski definition) is 4. The van der Waals surface area contributed by atoms with Crippen molar-refractivity contribution >= 4 is 17.6 Å². The predicted molar refractivity (Wildman–Crippen MR) is 74.4 cm³/mol. The summed E-state index contributed by atoms with van der Waals surface area (Å²) in [7, 11) is 0. The van der Waals surface area contributed by atoms with Crippen LogP contribution in [0.25, 0.3) is 11.4 Å². The van der Waals surface area contributed by atoms with E-state index >= 15 is 0 Å². The van der Waals surface area contributed by atoms with Gasteiger partial charge in [0.1, 0.15) is 5.82 Å². The zero-order valence-corrected chi connectivity index (χ0v) is 12.1. The second-order valence-corrected chi connectivity index (χ2v) is 4.97. The van der Waals surface area contributed by atoms with Gasteiger partial charge in [0.05, 0.1) is 17.5 Å². The average Bonchev–Trinajstić information content (AvgIpc) is 2.90. The van der Waals surface area contributed by atoms with Crippen molar-refractivity contribution in [1.29, 1.82) is 0 Å². The number of carboxylic acid groups (broad SMARTS) is 1. The van der Waals surface area contributed by atoms with E-state index in [1.165, 1.54) is 16.8 Å². The Balaban J connectivity index is 2.45. The highest BCUT2D eigenvalue weighted by Gasteiger charge is 2.22. The fraction of sp³-hybridized carbons (Fsp3) is 0.385. The van der Waals surface area contributed by atoms with Crippen LogP contribution in [-0.2, 0) is 4.79 Å². The number of tetrazole rings is 1. The lowest BCUT2D eigenvalue weighted by Crippen LogP contribution is -2.16. The number of halogens is 2. The van der Waals surface area contributed by atoms with E-state index in [2.05, 4.69) is 15.5 Å². The molecule has 0 aliphatic carbocycles. The van der Waals surface area contributed by atoms with Crippen molar-refractivity contribution in [2.75, 3.05) is 0 Å². The zero-order chi connectivity index (χ0) is 15.4. The maximum absolute atomic E-state index is 13.6. The summed E-state index contributed by atoms with van der Waals surface area (Å²) >= 11 is 5.94. The van der Waals surface area contributed by atoms with Crippen molar-refractivity contribution in [3.05, 3.63) is 29.0 Å². The number of carbonyl (C=O) groups is 1. The minimum atomic E-state index is -0.944. The van der Waals surface area contributed by atoms with Gasteiger partial charge in [-0.25, -0.2) is 9.07 Å². The molecule has 1 heterocycles. The first-order valence-electron chi connectivity index (χ1n) is 6.48. The second kappa shape index (κ2) is 6.62. The first kappa shape index (κ1) is 15.4. The minimum Gasteiger partial charge on any atom is -0.481 e. The van der Waals surface area contributed by atoms with Crippen LogP contribution in [0.4, 0.5) is 4.39 Å². The summed E-state index contributed by atoms with van der Waals surface area (Å²) in [5, 5.41) is 20.2.